The maximum Gasteiger partial charge on any atom is 0.120 e. The van der Waals surface area contributed by atoms with Crippen LogP contribution in [0.25, 0.3) is 11.1 Å². The molecule has 1 aliphatic heterocycles. The zero-order valence-corrected chi connectivity index (χ0v) is 12.1. The van der Waals surface area contributed by atoms with Crippen LogP contribution >= 0.6 is 0 Å². The Morgan fingerprint density at radius 1 is 1.10 bits per heavy atom. The van der Waals surface area contributed by atoms with Gasteiger partial charge < -0.3 is 10.1 Å². The Bertz CT molecular complexity index is 604. The molecule has 2 aromatic carbocycles. The number of fused-ring (bicyclic) bond motifs is 1. The monoisotopic (exact) mass is 267 g/mol. The first-order valence-electron chi connectivity index (χ1n) is 7.32. The topological polar surface area (TPSA) is 21.3 Å². The van der Waals surface area contributed by atoms with Crippen LogP contribution in [0.4, 0.5) is 0 Å². The van der Waals surface area contributed by atoms with Crippen molar-refractivity contribution < 1.29 is 4.74 Å². The van der Waals surface area contributed by atoms with Gasteiger partial charge in [0.05, 0.1) is 6.10 Å². The summed E-state index contributed by atoms with van der Waals surface area (Å²) in [5.74, 6) is 0.948. The number of hydrogen-bond acceptors (Lipinski definition) is 2. The molecule has 0 aromatic heterocycles. The highest BCUT2D eigenvalue weighted by Crippen LogP contribution is 2.30. The number of hydrogen-bond donors (Lipinski definition) is 1. The molecule has 2 aromatic rings. The molecule has 0 bridgehead atoms. The van der Waals surface area contributed by atoms with Gasteiger partial charge in [-0.05, 0) is 61.2 Å². The van der Waals surface area contributed by atoms with Gasteiger partial charge in [-0.3, -0.25) is 0 Å². The van der Waals surface area contributed by atoms with Crippen molar-refractivity contribution in [2.24, 2.45) is 0 Å². The molecule has 104 valence electrons. The van der Waals surface area contributed by atoms with E-state index in [1.54, 1.807) is 0 Å². The van der Waals surface area contributed by atoms with Crippen molar-refractivity contribution in [2.45, 2.75) is 32.9 Å². The van der Waals surface area contributed by atoms with Crippen molar-refractivity contribution >= 4 is 0 Å². The molecule has 1 N–H and O–H groups in total. The summed E-state index contributed by atoms with van der Waals surface area (Å²) >= 11 is 0. The van der Waals surface area contributed by atoms with E-state index < -0.39 is 0 Å². The standard InChI is InChI=1S/C18H21NO/c1-13(2)20-16-7-3-5-14(11-16)17-8-4-6-15-12-19-10-9-18(15)17/h3-8,11,13,19H,9-10,12H2,1-2H3. The lowest BCUT2D eigenvalue weighted by atomic mass is 9.91. The fraction of sp³-hybridized carbons (Fsp3) is 0.333. The van der Waals surface area contributed by atoms with E-state index in [1.165, 1.54) is 22.3 Å². The van der Waals surface area contributed by atoms with Crippen LogP contribution in [0.2, 0.25) is 0 Å². The summed E-state index contributed by atoms with van der Waals surface area (Å²) in [6.45, 7) is 6.16. The van der Waals surface area contributed by atoms with Crippen LogP contribution in [0.1, 0.15) is 25.0 Å². The molecule has 0 saturated carbocycles. The van der Waals surface area contributed by atoms with Crippen molar-refractivity contribution in [3.05, 3.63) is 53.6 Å². The minimum Gasteiger partial charge on any atom is -0.491 e. The van der Waals surface area contributed by atoms with Gasteiger partial charge in [-0.1, -0.05) is 30.3 Å². The van der Waals surface area contributed by atoms with Crippen LogP contribution in [-0.2, 0) is 13.0 Å². The first-order chi connectivity index (χ1) is 9.74. The molecule has 0 radical (unpaired) electrons. The number of rotatable bonds is 3. The van der Waals surface area contributed by atoms with Crippen molar-refractivity contribution in [1.82, 2.24) is 5.32 Å². The van der Waals surface area contributed by atoms with Gasteiger partial charge in [-0.15, -0.1) is 0 Å². The summed E-state index contributed by atoms with van der Waals surface area (Å²) in [5.41, 5.74) is 5.50. The van der Waals surface area contributed by atoms with Gasteiger partial charge in [-0.25, -0.2) is 0 Å². The van der Waals surface area contributed by atoms with Crippen LogP contribution < -0.4 is 10.1 Å². The highest BCUT2D eigenvalue weighted by molar-refractivity contribution is 5.70. The lowest BCUT2D eigenvalue weighted by Crippen LogP contribution is -2.24. The second-order valence-electron chi connectivity index (χ2n) is 5.56. The van der Waals surface area contributed by atoms with Gasteiger partial charge in [0.25, 0.3) is 0 Å². The van der Waals surface area contributed by atoms with Crippen LogP contribution in [0.5, 0.6) is 5.75 Å². The third-order valence-corrected chi connectivity index (χ3v) is 3.66. The number of ether oxygens (including phenoxy) is 1. The Balaban J connectivity index is 2.01. The van der Waals surface area contributed by atoms with E-state index in [9.17, 15) is 0 Å². The first-order valence-corrected chi connectivity index (χ1v) is 7.32. The van der Waals surface area contributed by atoms with E-state index in [1.807, 2.05) is 6.07 Å². The molecule has 2 heteroatoms. The van der Waals surface area contributed by atoms with Gasteiger partial charge >= 0.3 is 0 Å². The Kier molecular flexibility index (Phi) is 3.75. The number of benzene rings is 2. The molecule has 0 spiro atoms. The highest BCUT2D eigenvalue weighted by atomic mass is 16.5. The minimum atomic E-state index is 0.208. The average Bonchev–Trinajstić information content (AvgIpc) is 2.46. The molecule has 0 unspecified atom stereocenters. The molecule has 0 atom stereocenters. The van der Waals surface area contributed by atoms with Crippen molar-refractivity contribution in [3.63, 3.8) is 0 Å². The second kappa shape index (κ2) is 5.68. The third kappa shape index (κ3) is 2.70. The zero-order chi connectivity index (χ0) is 13.9. The molecule has 2 nitrogen and oxygen atoms in total. The maximum atomic E-state index is 5.81. The Hall–Kier alpha value is -1.80. The van der Waals surface area contributed by atoms with Crippen LogP contribution in [0.15, 0.2) is 42.5 Å². The lowest BCUT2D eigenvalue weighted by Gasteiger charge is -2.21. The SMILES string of the molecule is CC(C)Oc1cccc(-c2cccc3c2CCNC3)c1. The summed E-state index contributed by atoms with van der Waals surface area (Å²) in [4.78, 5) is 0. The van der Waals surface area contributed by atoms with Crippen molar-refractivity contribution in [3.8, 4) is 16.9 Å². The average molecular weight is 267 g/mol. The Morgan fingerprint density at radius 2 is 1.95 bits per heavy atom. The molecular formula is C18H21NO. The number of nitrogens with one attached hydrogen (secondary N) is 1. The molecule has 20 heavy (non-hydrogen) atoms. The summed E-state index contributed by atoms with van der Waals surface area (Å²) in [7, 11) is 0. The molecule has 1 heterocycles. The molecule has 1 aliphatic rings. The third-order valence-electron chi connectivity index (χ3n) is 3.66. The fourth-order valence-electron chi connectivity index (χ4n) is 2.81. The van der Waals surface area contributed by atoms with Gasteiger partial charge in [-0.2, -0.15) is 0 Å². The molecule has 0 fully saturated rings. The van der Waals surface area contributed by atoms with Crippen molar-refractivity contribution in [2.75, 3.05) is 6.54 Å². The molecule has 0 amide bonds. The maximum absolute atomic E-state index is 5.81. The quantitative estimate of drug-likeness (QED) is 0.913. The summed E-state index contributed by atoms with van der Waals surface area (Å²) in [5, 5.41) is 3.43. The predicted octanol–water partition coefficient (Wildman–Crippen LogP) is 3.79. The van der Waals surface area contributed by atoms with E-state index in [0.717, 1.165) is 25.3 Å². The van der Waals surface area contributed by atoms with Gasteiger partial charge in [0, 0.05) is 6.54 Å². The van der Waals surface area contributed by atoms with E-state index in [4.69, 9.17) is 4.74 Å². The lowest BCUT2D eigenvalue weighted by molar-refractivity contribution is 0.242. The summed E-state index contributed by atoms with van der Waals surface area (Å²) in [6, 6.07) is 15.0. The van der Waals surface area contributed by atoms with Crippen LogP contribution in [-0.4, -0.2) is 12.6 Å². The van der Waals surface area contributed by atoms with Gasteiger partial charge in [0.1, 0.15) is 5.75 Å². The van der Waals surface area contributed by atoms with E-state index in [2.05, 4.69) is 55.6 Å². The predicted molar refractivity (Wildman–Crippen MR) is 83.1 cm³/mol. The summed E-state index contributed by atoms with van der Waals surface area (Å²) < 4.78 is 5.81. The van der Waals surface area contributed by atoms with Crippen molar-refractivity contribution in [1.29, 1.82) is 0 Å². The van der Waals surface area contributed by atoms with Crippen LogP contribution in [0.3, 0.4) is 0 Å². The first kappa shape index (κ1) is 13.2. The van der Waals surface area contributed by atoms with E-state index in [0.29, 0.717) is 0 Å². The molecular weight excluding hydrogens is 246 g/mol. The fourth-order valence-corrected chi connectivity index (χ4v) is 2.81. The molecule has 0 saturated heterocycles. The van der Waals surface area contributed by atoms with Gasteiger partial charge in [0.15, 0.2) is 0 Å². The molecule has 3 rings (SSSR count). The van der Waals surface area contributed by atoms with E-state index >= 15 is 0 Å². The zero-order valence-electron chi connectivity index (χ0n) is 12.1. The Morgan fingerprint density at radius 3 is 2.80 bits per heavy atom. The molecule has 0 aliphatic carbocycles. The normalized spacial score (nSPS) is 14.2. The smallest absolute Gasteiger partial charge is 0.120 e. The largest absolute Gasteiger partial charge is 0.491 e. The van der Waals surface area contributed by atoms with Crippen LogP contribution in [0, 0.1) is 0 Å². The summed E-state index contributed by atoms with van der Waals surface area (Å²) in [6.07, 6.45) is 1.31. The highest BCUT2D eigenvalue weighted by Gasteiger charge is 2.13. The van der Waals surface area contributed by atoms with E-state index in [-0.39, 0.29) is 6.10 Å². The Labute approximate surface area is 120 Å². The van der Waals surface area contributed by atoms with Gasteiger partial charge in [0.2, 0.25) is 0 Å². The minimum absolute atomic E-state index is 0.208. The second-order valence-corrected chi connectivity index (χ2v) is 5.56.